The van der Waals surface area contributed by atoms with Gasteiger partial charge in [0.15, 0.2) is 0 Å². The molecule has 1 fully saturated rings. The van der Waals surface area contributed by atoms with E-state index in [1.165, 1.54) is 17.5 Å². The highest BCUT2D eigenvalue weighted by Gasteiger charge is 2.51. The van der Waals surface area contributed by atoms with Gasteiger partial charge in [-0.25, -0.2) is 4.79 Å². The Hall–Kier alpha value is -2.15. The molecule has 0 atom stereocenters. The first-order valence-electron chi connectivity index (χ1n) is 10.8. The third kappa shape index (κ3) is 5.03. The van der Waals surface area contributed by atoms with Crippen LogP contribution < -0.4 is 5.19 Å². The van der Waals surface area contributed by atoms with Crippen molar-refractivity contribution in [3.05, 3.63) is 70.9 Å². The molecule has 1 aliphatic rings. The molecule has 6 heteroatoms. The first kappa shape index (κ1) is 23.5. The van der Waals surface area contributed by atoms with E-state index < -0.39 is 8.07 Å². The fourth-order valence-corrected chi connectivity index (χ4v) is 6.40. The van der Waals surface area contributed by atoms with Crippen molar-refractivity contribution in [1.29, 1.82) is 0 Å². The monoisotopic (exact) mass is 436 g/mol. The van der Waals surface area contributed by atoms with Crippen molar-refractivity contribution in [3.8, 4) is 0 Å². The minimum Gasteiger partial charge on any atom is -0.465 e. The molecule has 0 unspecified atom stereocenters. The molecule has 0 spiro atoms. The molecule has 1 aliphatic heterocycles. The fourth-order valence-electron chi connectivity index (χ4n) is 3.80. The van der Waals surface area contributed by atoms with Gasteiger partial charge in [-0.15, -0.1) is 0 Å². The highest BCUT2D eigenvalue weighted by Crippen LogP contribution is 2.39. The summed E-state index contributed by atoms with van der Waals surface area (Å²) in [7, 11) is -0.880. The summed E-state index contributed by atoms with van der Waals surface area (Å²) >= 11 is 0. The van der Waals surface area contributed by atoms with E-state index in [4.69, 9.17) is 14.0 Å². The summed E-state index contributed by atoms with van der Waals surface area (Å²) in [5, 5.41) is 2.70. The van der Waals surface area contributed by atoms with Gasteiger partial charge in [-0.05, 0) is 45.4 Å². The Labute approximate surface area is 187 Å². The lowest BCUT2D eigenvalue weighted by Gasteiger charge is -2.32. The van der Waals surface area contributed by atoms with Crippen LogP contribution in [0.2, 0.25) is 19.4 Å². The van der Waals surface area contributed by atoms with E-state index in [-0.39, 0.29) is 24.3 Å². The normalized spacial score (nSPS) is 18.2. The van der Waals surface area contributed by atoms with E-state index in [9.17, 15) is 4.79 Å². The van der Waals surface area contributed by atoms with Gasteiger partial charge in [0.2, 0.25) is 0 Å². The number of allylic oxidation sites excluding steroid dienone is 1. The molecule has 0 N–H and O–H groups in total. The fraction of sp³-hybridized carbons (Fsp3) is 0.400. The molecule has 164 valence electrons. The Balaban J connectivity index is 1.97. The van der Waals surface area contributed by atoms with Crippen molar-refractivity contribution in [1.82, 2.24) is 0 Å². The van der Waals surface area contributed by atoms with Gasteiger partial charge in [0.1, 0.15) is 8.07 Å². The highest BCUT2D eigenvalue weighted by atomic mass is 28.3. The lowest BCUT2D eigenvalue weighted by Crippen LogP contribution is -2.45. The molecular formula is C25H33BO4Si. The zero-order chi connectivity index (χ0) is 22.9. The number of rotatable bonds is 6. The van der Waals surface area contributed by atoms with Crippen LogP contribution in [0.1, 0.15) is 43.6 Å². The van der Waals surface area contributed by atoms with Crippen molar-refractivity contribution in [2.45, 2.75) is 58.3 Å². The Morgan fingerprint density at radius 1 is 0.968 bits per heavy atom. The Kier molecular flexibility index (Phi) is 6.65. The second-order valence-corrected chi connectivity index (χ2v) is 14.1. The first-order chi connectivity index (χ1) is 14.5. The van der Waals surface area contributed by atoms with Crippen LogP contribution >= 0.6 is 0 Å². The number of hydrogen-bond acceptors (Lipinski definition) is 4. The molecule has 31 heavy (non-hydrogen) atoms. The van der Waals surface area contributed by atoms with Crippen LogP contribution in [0.3, 0.4) is 0 Å². The van der Waals surface area contributed by atoms with Crippen molar-refractivity contribution >= 4 is 32.4 Å². The second kappa shape index (κ2) is 8.77. The second-order valence-electron chi connectivity index (χ2n) is 9.66. The average molecular weight is 436 g/mol. The molecule has 0 aliphatic carbocycles. The summed E-state index contributed by atoms with van der Waals surface area (Å²) < 4.78 is 17.5. The molecule has 0 bridgehead atoms. The maximum atomic E-state index is 11.8. The summed E-state index contributed by atoms with van der Waals surface area (Å²) in [6, 6.07) is 18.2. The first-order valence-corrected chi connectivity index (χ1v) is 13.8. The van der Waals surface area contributed by atoms with E-state index in [2.05, 4.69) is 77.2 Å². The van der Waals surface area contributed by atoms with Gasteiger partial charge in [-0.1, -0.05) is 72.0 Å². The molecule has 3 rings (SSSR count). The lowest BCUT2D eigenvalue weighted by molar-refractivity contribution is 0.00578. The maximum Gasteiger partial charge on any atom is 0.461 e. The molecular weight excluding hydrogens is 403 g/mol. The number of hydrogen-bond donors (Lipinski definition) is 0. The van der Waals surface area contributed by atoms with Gasteiger partial charge in [0.25, 0.3) is 0 Å². The quantitative estimate of drug-likeness (QED) is 0.467. The average Bonchev–Trinajstić information content (AvgIpc) is 2.94. The molecule has 0 aromatic heterocycles. The van der Waals surface area contributed by atoms with Crippen LogP contribution in [0.4, 0.5) is 0 Å². The molecule has 0 radical (unpaired) electrons. The van der Waals surface area contributed by atoms with Gasteiger partial charge in [0.05, 0.1) is 23.9 Å². The van der Waals surface area contributed by atoms with E-state index in [0.29, 0.717) is 11.9 Å². The molecule has 1 saturated heterocycles. The molecule has 0 amide bonds. The van der Waals surface area contributed by atoms with Crippen LogP contribution in [0.5, 0.6) is 0 Å². The van der Waals surface area contributed by atoms with Crippen molar-refractivity contribution in [2.24, 2.45) is 0 Å². The lowest BCUT2D eigenvalue weighted by atomic mass is 9.84. The van der Waals surface area contributed by atoms with Crippen molar-refractivity contribution in [2.75, 3.05) is 7.11 Å². The number of carbonyl (C=O) groups is 1. The Morgan fingerprint density at radius 2 is 1.52 bits per heavy atom. The predicted octanol–water partition coefficient (Wildman–Crippen LogP) is 5.10. The zero-order valence-corrected chi connectivity index (χ0v) is 20.7. The van der Waals surface area contributed by atoms with Gasteiger partial charge >= 0.3 is 13.1 Å². The third-order valence-electron chi connectivity index (χ3n) is 6.66. The smallest absolute Gasteiger partial charge is 0.461 e. The van der Waals surface area contributed by atoms with Gasteiger partial charge in [0, 0.05) is 6.32 Å². The number of methoxy groups -OCH3 is 1. The molecule has 2 aromatic rings. The maximum absolute atomic E-state index is 11.8. The minimum absolute atomic E-state index is 0.291. The summed E-state index contributed by atoms with van der Waals surface area (Å²) in [5.41, 5.74) is 0.884. The van der Waals surface area contributed by atoms with Crippen LogP contribution in [0.15, 0.2) is 59.8 Å². The molecule has 0 saturated carbocycles. The van der Waals surface area contributed by atoms with Gasteiger partial charge in [-0.2, -0.15) is 0 Å². The number of ether oxygens (including phenoxy) is 1. The molecule has 1 heterocycles. The minimum atomic E-state index is -1.98. The largest absolute Gasteiger partial charge is 0.465 e. The third-order valence-corrected chi connectivity index (χ3v) is 10.4. The highest BCUT2D eigenvalue weighted by molar-refractivity contribution is 6.96. The standard InChI is InChI=1S/C25H33BO4Si/c1-24(2)25(3,4)30-26(29-24)18-22(31(6,7)21-11-9-8-10-12-21)17-19-13-15-20(16-14-19)23(27)28-5/h8-17H,18H2,1-7H3/b22-17-. The van der Waals surface area contributed by atoms with E-state index >= 15 is 0 Å². The molecule has 2 aromatic carbocycles. The van der Waals surface area contributed by atoms with E-state index in [1.807, 2.05) is 12.1 Å². The van der Waals surface area contributed by atoms with Gasteiger partial charge in [-0.3, -0.25) is 0 Å². The number of esters is 1. The van der Waals surface area contributed by atoms with Crippen LogP contribution in [-0.2, 0) is 14.0 Å². The summed E-state index contributed by atoms with van der Waals surface area (Å²) in [6.45, 7) is 13.1. The van der Waals surface area contributed by atoms with Crippen LogP contribution in [-0.4, -0.2) is 39.5 Å². The van der Waals surface area contributed by atoms with E-state index in [1.54, 1.807) is 12.1 Å². The topological polar surface area (TPSA) is 44.8 Å². The Morgan fingerprint density at radius 3 is 2.03 bits per heavy atom. The Bertz CT molecular complexity index is 933. The number of benzene rings is 2. The van der Waals surface area contributed by atoms with Crippen LogP contribution in [0, 0.1) is 0 Å². The zero-order valence-electron chi connectivity index (χ0n) is 19.7. The molecule has 4 nitrogen and oxygen atoms in total. The van der Waals surface area contributed by atoms with Crippen LogP contribution in [0.25, 0.3) is 6.08 Å². The summed E-state index contributed by atoms with van der Waals surface area (Å²) in [4.78, 5) is 11.8. The number of carbonyl (C=O) groups excluding carboxylic acids is 1. The van der Waals surface area contributed by atoms with Gasteiger partial charge < -0.3 is 14.0 Å². The van der Waals surface area contributed by atoms with Crippen molar-refractivity contribution < 1.29 is 18.8 Å². The summed E-state index contributed by atoms with van der Waals surface area (Å²) in [6.07, 6.45) is 2.95. The van der Waals surface area contributed by atoms with Crippen molar-refractivity contribution in [3.63, 3.8) is 0 Å². The predicted molar refractivity (Wildman–Crippen MR) is 130 cm³/mol. The summed E-state index contributed by atoms with van der Waals surface area (Å²) in [5.74, 6) is -0.327. The van der Waals surface area contributed by atoms with E-state index in [0.717, 1.165) is 5.56 Å². The SMILES string of the molecule is COC(=O)c1ccc(/C=C(/CB2OC(C)(C)C(C)(C)O2)[Si](C)(C)c2ccccc2)cc1.